The zero-order chi connectivity index (χ0) is 29.1. The second-order valence-corrected chi connectivity index (χ2v) is 17.5. The fourth-order valence-corrected chi connectivity index (χ4v) is 8.05. The van der Waals surface area contributed by atoms with E-state index in [0.29, 0.717) is 0 Å². The zero-order valence-corrected chi connectivity index (χ0v) is 30.2. The highest BCUT2D eigenvalue weighted by Crippen LogP contribution is 2.45. The average molecular weight is 583 g/mol. The maximum absolute atomic E-state index is 3.79. The van der Waals surface area contributed by atoms with Gasteiger partial charge in [0, 0.05) is 17.6 Å². The summed E-state index contributed by atoms with van der Waals surface area (Å²) in [6.45, 7) is 15.9. The molecule has 1 aliphatic rings. The monoisotopic (exact) mass is 582 g/mol. The van der Waals surface area contributed by atoms with Crippen LogP contribution in [-0.2, 0) is 5.41 Å². The second kappa shape index (κ2) is 12.3. The van der Waals surface area contributed by atoms with Crippen LogP contribution in [0.5, 0.6) is 0 Å². The van der Waals surface area contributed by atoms with E-state index in [4.69, 9.17) is 0 Å². The SMILES string of the molecule is CC[SiH2]C#CC1=C(C)c2cc3c(C#C[SiH2]CC)c4cc5c(C)ccc(C)c5cc4cc3cc2C(C)(C#C[SiH2]CC)C1. The number of allylic oxidation sites excluding steroid dienone is 2. The molecule has 0 saturated heterocycles. The fraction of sp³-hybridized carbons (Fsp3) is 0.316. The fourth-order valence-electron chi connectivity index (χ4n) is 6.15. The largest absolute Gasteiger partial charge is 0.139 e. The smallest absolute Gasteiger partial charge is 0.107 e. The lowest BCUT2D eigenvalue weighted by molar-refractivity contribution is 0.611. The van der Waals surface area contributed by atoms with Gasteiger partial charge in [-0.3, -0.25) is 0 Å². The van der Waals surface area contributed by atoms with E-state index in [9.17, 15) is 0 Å². The van der Waals surface area contributed by atoms with Crippen molar-refractivity contribution in [3.63, 3.8) is 0 Å². The Labute approximate surface area is 254 Å². The Morgan fingerprint density at radius 3 is 1.95 bits per heavy atom. The van der Waals surface area contributed by atoms with E-state index in [1.54, 1.807) is 0 Å². The summed E-state index contributed by atoms with van der Waals surface area (Å²) in [7, 11) is -1.05. The van der Waals surface area contributed by atoms with Gasteiger partial charge in [0.15, 0.2) is 0 Å². The molecule has 0 aromatic heterocycles. The van der Waals surface area contributed by atoms with E-state index in [2.05, 4.69) is 125 Å². The van der Waals surface area contributed by atoms with Gasteiger partial charge in [0.05, 0.1) is 5.41 Å². The standard InChI is InChI=1S/C38H42Si3/c1-8-39-16-13-28-24-38(7,15-18-41-10-3)37-21-30-19-29-20-32-25(4)11-12-26(5)33(32)22-35(29)31(14-17-40-9-2)36(30)23-34(37)27(28)6/h11-12,19-23H,8-10,24,39-41H2,1-7H3. The van der Waals surface area contributed by atoms with E-state index in [-0.39, 0.29) is 34.0 Å². The predicted octanol–water partition coefficient (Wildman–Crippen LogP) is 7.25. The molecule has 1 atom stereocenters. The number of fused-ring (bicyclic) bond motifs is 4. The van der Waals surface area contributed by atoms with Crippen molar-refractivity contribution in [2.24, 2.45) is 0 Å². The first kappa shape index (κ1) is 29.2. The maximum Gasteiger partial charge on any atom is 0.107 e. The molecule has 0 nitrogen and oxygen atoms in total. The van der Waals surface area contributed by atoms with Crippen molar-refractivity contribution in [1.82, 2.24) is 0 Å². The van der Waals surface area contributed by atoms with Gasteiger partial charge >= 0.3 is 0 Å². The number of aryl methyl sites for hydroxylation is 2. The average Bonchev–Trinajstić information content (AvgIpc) is 2.96. The molecule has 1 aliphatic carbocycles. The first-order valence-corrected chi connectivity index (χ1v) is 20.6. The first-order chi connectivity index (χ1) is 19.8. The Morgan fingerprint density at radius 1 is 0.683 bits per heavy atom. The van der Waals surface area contributed by atoms with Crippen molar-refractivity contribution in [3.8, 4) is 34.4 Å². The van der Waals surface area contributed by atoms with Crippen LogP contribution in [0.3, 0.4) is 0 Å². The van der Waals surface area contributed by atoms with E-state index >= 15 is 0 Å². The molecule has 206 valence electrons. The summed E-state index contributed by atoms with van der Waals surface area (Å²) in [4.78, 5) is 0. The highest BCUT2D eigenvalue weighted by molar-refractivity contribution is 6.46. The quantitative estimate of drug-likeness (QED) is 0.136. The highest BCUT2D eigenvalue weighted by atomic mass is 28.2. The van der Waals surface area contributed by atoms with Crippen LogP contribution in [0.2, 0.25) is 18.1 Å². The Morgan fingerprint density at radius 2 is 1.27 bits per heavy atom. The molecule has 0 saturated carbocycles. The van der Waals surface area contributed by atoms with Crippen molar-refractivity contribution < 1.29 is 0 Å². The predicted molar refractivity (Wildman–Crippen MR) is 193 cm³/mol. The molecule has 0 bridgehead atoms. The van der Waals surface area contributed by atoms with Gasteiger partial charge < -0.3 is 0 Å². The summed E-state index contributed by atoms with van der Waals surface area (Å²) in [6, 6.07) is 20.3. The summed E-state index contributed by atoms with van der Waals surface area (Å²) in [5, 5.41) is 7.79. The lowest BCUT2D eigenvalue weighted by Gasteiger charge is -2.33. The Hall–Kier alpha value is -3.27. The summed E-state index contributed by atoms with van der Waals surface area (Å²) in [5.74, 6) is 11.1. The van der Waals surface area contributed by atoms with Crippen LogP contribution in [0, 0.1) is 48.2 Å². The minimum Gasteiger partial charge on any atom is -0.139 e. The van der Waals surface area contributed by atoms with Crippen molar-refractivity contribution in [1.29, 1.82) is 0 Å². The van der Waals surface area contributed by atoms with Crippen LogP contribution in [0.25, 0.3) is 37.9 Å². The van der Waals surface area contributed by atoms with E-state index in [0.717, 1.165) is 6.42 Å². The van der Waals surface area contributed by atoms with Gasteiger partial charge in [-0.2, -0.15) is 0 Å². The van der Waals surface area contributed by atoms with E-state index < -0.39 is 0 Å². The van der Waals surface area contributed by atoms with E-state index in [1.807, 2.05) is 0 Å². The molecular formula is C38H42Si3. The van der Waals surface area contributed by atoms with Gasteiger partial charge in [0.2, 0.25) is 0 Å². The molecule has 0 N–H and O–H groups in total. The molecular weight excluding hydrogens is 541 g/mol. The van der Waals surface area contributed by atoms with Crippen LogP contribution in [0.4, 0.5) is 0 Å². The highest BCUT2D eigenvalue weighted by Gasteiger charge is 2.34. The van der Waals surface area contributed by atoms with Gasteiger partial charge in [-0.1, -0.05) is 68.8 Å². The molecule has 4 aromatic carbocycles. The molecule has 1 unspecified atom stereocenters. The van der Waals surface area contributed by atoms with Gasteiger partial charge in [0.1, 0.15) is 28.6 Å². The number of hydrogen-bond acceptors (Lipinski definition) is 0. The molecule has 41 heavy (non-hydrogen) atoms. The number of benzene rings is 4. The van der Waals surface area contributed by atoms with Crippen LogP contribution in [0.1, 0.15) is 68.9 Å². The second-order valence-electron chi connectivity index (χ2n) is 12.0. The molecule has 0 radical (unpaired) electrons. The molecule has 3 heteroatoms. The molecule has 0 spiro atoms. The Kier molecular flexibility index (Phi) is 8.77. The summed E-state index contributed by atoms with van der Waals surface area (Å²) in [5.41, 5.74) is 19.8. The third-order valence-electron chi connectivity index (χ3n) is 8.59. The van der Waals surface area contributed by atoms with Gasteiger partial charge in [-0.05, 0) is 118 Å². The Bertz CT molecular complexity index is 1910. The third kappa shape index (κ3) is 5.63. The van der Waals surface area contributed by atoms with Crippen LogP contribution in [0.15, 0.2) is 48.0 Å². The zero-order valence-electron chi connectivity index (χ0n) is 26.0. The van der Waals surface area contributed by atoms with E-state index in [1.165, 1.54) is 89.4 Å². The van der Waals surface area contributed by atoms with Gasteiger partial charge in [0.25, 0.3) is 0 Å². The maximum atomic E-state index is 3.79. The summed E-state index contributed by atoms with van der Waals surface area (Å²) >= 11 is 0. The van der Waals surface area contributed by atoms with Crippen LogP contribution in [-0.4, -0.2) is 28.6 Å². The Balaban J connectivity index is 1.89. The van der Waals surface area contributed by atoms with Crippen molar-refractivity contribution in [2.75, 3.05) is 0 Å². The lowest BCUT2D eigenvalue weighted by Crippen LogP contribution is -2.26. The molecule has 0 amide bonds. The number of rotatable bonds is 3. The van der Waals surface area contributed by atoms with Gasteiger partial charge in [-0.25, -0.2) is 0 Å². The minimum atomic E-state index is -0.386. The molecule has 0 fully saturated rings. The first-order valence-electron chi connectivity index (χ1n) is 15.4. The molecule has 0 aliphatic heterocycles. The van der Waals surface area contributed by atoms with Crippen molar-refractivity contribution >= 4 is 66.4 Å². The van der Waals surface area contributed by atoms with Crippen LogP contribution >= 0.6 is 0 Å². The minimum absolute atomic E-state index is 0.212. The normalized spacial score (nSPS) is 17.0. The van der Waals surface area contributed by atoms with Crippen molar-refractivity contribution in [3.05, 3.63) is 75.9 Å². The lowest BCUT2D eigenvalue weighted by atomic mass is 9.69. The van der Waals surface area contributed by atoms with Gasteiger partial charge in [-0.15, -0.1) is 16.6 Å². The molecule has 0 heterocycles. The van der Waals surface area contributed by atoms with Crippen LogP contribution < -0.4 is 0 Å². The molecule has 5 rings (SSSR count). The summed E-state index contributed by atoms with van der Waals surface area (Å²) < 4.78 is 0. The van der Waals surface area contributed by atoms with Crippen molar-refractivity contribution in [2.45, 2.75) is 78.4 Å². The molecule has 4 aromatic rings. The topological polar surface area (TPSA) is 0 Å². The number of hydrogen-bond donors (Lipinski definition) is 0. The third-order valence-corrected chi connectivity index (χ3v) is 11.4. The summed E-state index contributed by atoms with van der Waals surface area (Å²) in [6.07, 6.45) is 0.916.